The number of aliphatic hydroxyl groups is 1. The molecule has 4 nitrogen and oxygen atoms in total. The Morgan fingerprint density at radius 3 is 2.16 bits per heavy atom. The van der Waals surface area contributed by atoms with Crippen molar-refractivity contribution in [1.82, 2.24) is 0 Å². The van der Waals surface area contributed by atoms with Crippen LogP contribution in [0.5, 0.6) is 0 Å². The van der Waals surface area contributed by atoms with Gasteiger partial charge in [-0.25, -0.2) is 0 Å². The van der Waals surface area contributed by atoms with Crippen molar-refractivity contribution >= 4 is 0 Å². The molecule has 0 radical (unpaired) electrons. The Hall–Kier alpha value is -0.160. The maximum Gasteiger partial charge on any atom is 0.126 e. The maximum atomic E-state index is 10.3. The Morgan fingerprint density at radius 1 is 1.04 bits per heavy atom. The first-order valence-corrected chi connectivity index (χ1v) is 10.7. The smallest absolute Gasteiger partial charge is 0.126 e. The van der Waals surface area contributed by atoms with E-state index in [-0.39, 0.29) is 6.10 Å². The second kappa shape index (κ2) is 7.46. The Bertz CT molecular complexity index is 409. The van der Waals surface area contributed by atoms with E-state index < -0.39 is 0 Å². The minimum absolute atomic E-state index is 0.294. The molecule has 25 heavy (non-hydrogen) atoms. The molecule has 0 amide bonds. The lowest BCUT2D eigenvalue weighted by Gasteiger charge is -2.57. The van der Waals surface area contributed by atoms with Crippen molar-refractivity contribution in [2.45, 2.75) is 77.1 Å². The van der Waals surface area contributed by atoms with Crippen molar-refractivity contribution in [1.29, 1.82) is 0 Å². The average Bonchev–Trinajstić information content (AvgIpc) is 2.49. The summed E-state index contributed by atoms with van der Waals surface area (Å²) < 4.78 is 11.7. The molecule has 0 aromatic heterocycles. The van der Waals surface area contributed by atoms with Crippen LogP contribution in [0.25, 0.3) is 0 Å². The van der Waals surface area contributed by atoms with E-state index in [4.69, 9.17) is 9.47 Å². The number of hydrogen-bond acceptors (Lipinski definition) is 3. The van der Waals surface area contributed by atoms with Crippen LogP contribution in [0.3, 0.4) is 0 Å². The number of nitrogens with one attached hydrogen (secondary N) is 1. The molecular weight excluding hydrogens is 314 g/mol. The zero-order valence-electron chi connectivity index (χ0n) is 16.2. The molecule has 0 aromatic carbocycles. The van der Waals surface area contributed by atoms with Crippen molar-refractivity contribution in [3.05, 3.63) is 0 Å². The van der Waals surface area contributed by atoms with Gasteiger partial charge in [0.1, 0.15) is 37.9 Å². The van der Waals surface area contributed by atoms with Gasteiger partial charge in [0.05, 0.1) is 6.61 Å². The van der Waals surface area contributed by atoms with Gasteiger partial charge in [-0.2, -0.15) is 0 Å². The predicted molar refractivity (Wildman–Crippen MR) is 97.6 cm³/mol. The highest BCUT2D eigenvalue weighted by Crippen LogP contribution is 2.61. The lowest BCUT2D eigenvalue weighted by Crippen LogP contribution is -3.16. The monoisotopic (exact) mass is 352 g/mol. The zero-order valence-corrected chi connectivity index (χ0v) is 16.2. The van der Waals surface area contributed by atoms with E-state index in [2.05, 4.69) is 13.8 Å². The molecule has 0 spiro atoms. The van der Waals surface area contributed by atoms with E-state index in [1.54, 1.807) is 0 Å². The molecule has 1 aliphatic heterocycles. The first kappa shape index (κ1) is 18.2. The summed E-state index contributed by atoms with van der Waals surface area (Å²) >= 11 is 0. The summed E-state index contributed by atoms with van der Waals surface area (Å²) in [5, 5.41) is 10.3. The first-order chi connectivity index (χ1) is 12.0. The van der Waals surface area contributed by atoms with Crippen molar-refractivity contribution in [2.24, 2.45) is 23.2 Å². The molecule has 1 heterocycles. The topological polar surface area (TPSA) is 43.1 Å². The Kier molecular flexibility index (Phi) is 5.43. The Balaban J connectivity index is 1.16. The van der Waals surface area contributed by atoms with Crippen molar-refractivity contribution in [3.63, 3.8) is 0 Å². The fourth-order valence-electron chi connectivity index (χ4n) is 7.05. The van der Waals surface area contributed by atoms with E-state index in [1.165, 1.54) is 49.8 Å². The molecule has 3 atom stereocenters. The summed E-state index contributed by atoms with van der Waals surface area (Å²) in [4.78, 5) is 1.45. The van der Waals surface area contributed by atoms with E-state index in [0.717, 1.165) is 44.0 Å². The highest BCUT2D eigenvalue weighted by Gasteiger charge is 2.50. The van der Waals surface area contributed by atoms with Gasteiger partial charge in [0, 0.05) is 6.61 Å². The summed E-state index contributed by atoms with van der Waals surface area (Å²) in [7, 11) is 0. The first-order valence-electron chi connectivity index (χ1n) is 10.7. The molecule has 2 N–H and O–H groups in total. The molecule has 5 rings (SSSR count). The molecule has 4 aliphatic carbocycles. The molecule has 0 aromatic rings. The number of ether oxygens (including phenoxy) is 2. The molecule has 1 saturated heterocycles. The third-order valence-electron chi connectivity index (χ3n) is 7.39. The third kappa shape index (κ3) is 4.40. The van der Waals surface area contributed by atoms with Gasteiger partial charge in [-0.05, 0) is 82.0 Å². The van der Waals surface area contributed by atoms with Crippen LogP contribution >= 0.6 is 0 Å². The van der Waals surface area contributed by atoms with Crippen LogP contribution in [0.1, 0.15) is 58.8 Å². The Labute approximate surface area is 153 Å². The number of morpholine rings is 1. The van der Waals surface area contributed by atoms with Crippen molar-refractivity contribution in [3.8, 4) is 0 Å². The molecule has 4 heteroatoms. The second-order valence-electron chi connectivity index (χ2n) is 10.0. The SMILES string of the molecule is C[C@H]1C[NH+](C[C@H](O)COCCC23CC4CC(CC(C4)C2)C3)C[C@H](C)O1. The molecule has 4 bridgehead atoms. The number of aliphatic hydroxyl groups excluding tert-OH is 1. The minimum Gasteiger partial charge on any atom is -0.385 e. The van der Waals surface area contributed by atoms with Crippen LogP contribution in [0.2, 0.25) is 0 Å². The van der Waals surface area contributed by atoms with Crippen LogP contribution in [0.15, 0.2) is 0 Å². The van der Waals surface area contributed by atoms with Gasteiger partial charge in [-0.3, -0.25) is 0 Å². The average molecular weight is 353 g/mol. The normalized spacial score (nSPS) is 47.2. The highest BCUT2D eigenvalue weighted by atomic mass is 16.5. The van der Waals surface area contributed by atoms with Crippen LogP contribution in [0, 0.1) is 23.2 Å². The van der Waals surface area contributed by atoms with Gasteiger partial charge >= 0.3 is 0 Å². The van der Waals surface area contributed by atoms with Gasteiger partial charge in [0.2, 0.25) is 0 Å². The second-order valence-corrected chi connectivity index (χ2v) is 10.0. The molecular formula is C21H38NO3+. The zero-order chi connectivity index (χ0) is 17.4. The summed E-state index contributed by atoms with van der Waals surface area (Å²) in [5.41, 5.74) is 0.597. The summed E-state index contributed by atoms with van der Waals surface area (Å²) in [6.07, 6.45) is 10.4. The predicted octanol–water partition coefficient (Wildman–Crippen LogP) is 1.66. The quantitative estimate of drug-likeness (QED) is 0.685. The molecule has 144 valence electrons. The van der Waals surface area contributed by atoms with E-state index >= 15 is 0 Å². The molecule has 5 aliphatic rings. The van der Waals surface area contributed by atoms with Gasteiger partial charge in [-0.15, -0.1) is 0 Å². The summed E-state index contributed by atoms with van der Waals surface area (Å²) in [5.74, 6) is 3.06. The molecule has 4 saturated carbocycles. The van der Waals surface area contributed by atoms with Crippen LogP contribution < -0.4 is 4.90 Å². The van der Waals surface area contributed by atoms with Gasteiger partial charge < -0.3 is 19.5 Å². The van der Waals surface area contributed by atoms with E-state index in [1.807, 2.05) is 0 Å². The largest absolute Gasteiger partial charge is 0.385 e. The molecule has 5 fully saturated rings. The Morgan fingerprint density at radius 2 is 1.60 bits per heavy atom. The van der Waals surface area contributed by atoms with Crippen molar-refractivity contribution < 1.29 is 19.5 Å². The number of rotatable bonds is 7. The van der Waals surface area contributed by atoms with Gasteiger partial charge in [0.25, 0.3) is 0 Å². The van der Waals surface area contributed by atoms with E-state index in [0.29, 0.717) is 24.2 Å². The lowest BCUT2D eigenvalue weighted by molar-refractivity contribution is -0.918. The van der Waals surface area contributed by atoms with Gasteiger partial charge in [-0.1, -0.05) is 0 Å². The fraction of sp³-hybridized carbons (Fsp3) is 1.00. The van der Waals surface area contributed by atoms with Crippen LogP contribution in [-0.4, -0.2) is 56.3 Å². The molecule has 0 unspecified atom stereocenters. The fourth-order valence-corrected chi connectivity index (χ4v) is 7.05. The highest BCUT2D eigenvalue weighted by molar-refractivity contribution is 5.01. The number of quaternary nitrogens is 1. The van der Waals surface area contributed by atoms with Crippen LogP contribution in [0.4, 0.5) is 0 Å². The summed E-state index contributed by atoms with van der Waals surface area (Å²) in [6, 6.07) is 0. The third-order valence-corrected chi connectivity index (χ3v) is 7.39. The lowest BCUT2D eigenvalue weighted by atomic mass is 9.49. The van der Waals surface area contributed by atoms with Crippen LogP contribution in [-0.2, 0) is 9.47 Å². The van der Waals surface area contributed by atoms with Crippen molar-refractivity contribution in [2.75, 3.05) is 32.8 Å². The standard InChI is InChI=1S/C21H37NO3/c1-15-11-22(12-16(2)25-15)13-20(23)14-24-4-3-21-8-17-5-18(9-21)7-19(6-17)10-21/h15-20,23H,3-14H2,1-2H3/p+1/t15-,16-,17?,18?,19?,20-,21?/m0/s1. The summed E-state index contributed by atoms with van der Waals surface area (Å²) in [6.45, 7) is 8.38. The van der Waals surface area contributed by atoms with E-state index in [9.17, 15) is 5.11 Å². The van der Waals surface area contributed by atoms with Gasteiger partial charge in [0.15, 0.2) is 0 Å². The number of hydrogen-bond donors (Lipinski definition) is 2. The maximum absolute atomic E-state index is 10.3. The minimum atomic E-state index is -0.344.